The van der Waals surface area contributed by atoms with Crippen molar-refractivity contribution in [1.82, 2.24) is 23.5 Å². The lowest BCUT2D eigenvalue weighted by molar-refractivity contribution is 0.666. The molecule has 0 aromatic carbocycles. The third-order valence-electron chi connectivity index (χ3n) is 3.84. The number of rotatable bonds is 2. The fourth-order valence-corrected chi connectivity index (χ4v) is 2.53. The molecule has 0 saturated carbocycles. The molecule has 3 aromatic rings. The maximum absolute atomic E-state index is 12.7. The molecule has 0 aliphatic rings. The SMILES string of the molecule is C/C=C/Cn1c(=O)c2c(nc3[nH]c(C)c(C)n32)n(C)c1=O. The van der Waals surface area contributed by atoms with Crippen molar-refractivity contribution >= 4 is 16.9 Å². The minimum Gasteiger partial charge on any atom is -0.327 e. The van der Waals surface area contributed by atoms with Gasteiger partial charge in [0.25, 0.3) is 5.56 Å². The van der Waals surface area contributed by atoms with E-state index in [4.69, 9.17) is 0 Å². The highest BCUT2D eigenvalue weighted by molar-refractivity contribution is 5.76. The number of nitrogens with zero attached hydrogens (tertiary/aromatic N) is 4. The fraction of sp³-hybridized carbons (Fsp3) is 0.357. The molecule has 7 heteroatoms. The van der Waals surface area contributed by atoms with Gasteiger partial charge in [-0.2, -0.15) is 4.98 Å². The lowest BCUT2D eigenvalue weighted by Gasteiger charge is -2.06. The summed E-state index contributed by atoms with van der Waals surface area (Å²) in [6.45, 7) is 5.95. The van der Waals surface area contributed by atoms with Gasteiger partial charge >= 0.3 is 5.69 Å². The molecule has 110 valence electrons. The van der Waals surface area contributed by atoms with Crippen LogP contribution >= 0.6 is 0 Å². The van der Waals surface area contributed by atoms with Crippen molar-refractivity contribution in [2.24, 2.45) is 7.05 Å². The zero-order valence-electron chi connectivity index (χ0n) is 12.5. The number of H-pyrrole nitrogens is 1. The second kappa shape index (κ2) is 4.47. The molecule has 21 heavy (non-hydrogen) atoms. The molecule has 0 radical (unpaired) electrons. The first-order valence-electron chi connectivity index (χ1n) is 6.75. The molecule has 0 aliphatic carbocycles. The van der Waals surface area contributed by atoms with Crippen LogP contribution < -0.4 is 11.2 Å². The summed E-state index contributed by atoms with van der Waals surface area (Å²) in [5.41, 5.74) is 2.02. The number of allylic oxidation sites excluding steroid dienone is 2. The third-order valence-corrected chi connectivity index (χ3v) is 3.84. The number of aryl methyl sites for hydroxylation is 3. The minimum absolute atomic E-state index is 0.258. The highest BCUT2D eigenvalue weighted by Gasteiger charge is 2.19. The third kappa shape index (κ3) is 1.70. The lowest BCUT2D eigenvalue weighted by Crippen LogP contribution is -2.39. The molecule has 0 fully saturated rings. The van der Waals surface area contributed by atoms with Gasteiger partial charge in [-0.15, -0.1) is 0 Å². The van der Waals surface area contributed by atoms with Gasteiger partial charge in [-0.05, 0) is 20.8 Å². The first-order chi connectivity index (χ1) is 9.97. The zero-order valence-corrected chi connectivity index (χ0v) is 12.5. The highest BCUT2D eigenvalue weighted by atomic mass is 16.2. The Balaban J connectivity index is 2.55. The van der Waals surface area contributed by atoms with Crippen molar-refractivity contribution in [3.63, 3.8) is 0 Å². The topological polar surface area (TPSA) is 77.1 Å². The van der Waals surface area contributed by atoms with Crippen molar-refractivity contribution in [3.05, 3.63) is 44.4 Å². The Morgan fingerprint density at radius 2 is 2.00 bits per heavy atom. The summed E-state index contributed by atoms with van der Waals surface area (Å²) in [6.07, 6.45) is 3.59. The summed E-state index contributed by atoms with van der Waals surface area (Å²) >= 11 is 0. The van der Waals surface area contributed by atoms with Crippen molar-refractivity contribution < 1.29 is 0 Å². The molecule has 3 rings (SSSR count). The van der Waals surface area contributed by atoms with Crippen molar-refractivity contribution in [3.8, 4) is 0 Å². The van der Waals surface area contributed by atoms with Crippen LogP contribution in [0.1, 0.15) is 18.3 Å². The number of aromatic amines is 1. The molecular weight excluding hydrogens is 270 g/mol. The second-order valence-electron chi connectivity index (χ2n) is 5.10. The van der Waals surface area contributed by atoms with Gasteiger partial charge in [0.15, 0.2) is 11.2 Å². The predicted molar refractivity (Wildman–Crippen MR) is 80.8 cm³/mol. The number of imidazole rings is 2. The number of hydrogen-bond acceptors (Lipinski definition) is 3. The first-order valence-corrected chi connectivity index (χ1v) is 6.75. The molecule has 0 bridgehead atoms. The van der Waals surface area contributed by atoms with Gasteiger partial charge in [-0.25, -0.2) is 4.79 Å². The molecule has 0 aliphatic heterocycles. The molecule has 0 atom stereocenters. The molecule has 0 unspecified atom stereocenters. The Hall–Kier alpha value is -2.57. The summed E-state index contributed by atoms with van der Waals surface area (Å²) in [5.74, 6) is 0.580. The van der Waals surface area contributed by atoms with E-state index < -0.39 is 0 Å². The molecule has 3 heterocycles. The van der Waals surface area contributed by atoms with Crippen LogP contribution in [0.5, 0.6) is 0 Å². The molecule has 3 aromatic heterocycles. The number of aromatic nitrogens is 5. The van der Waals surface area contributed by atoms with Gasteiger partial charge in [0.1, 0.15) is 0 Å². The van der Waals surface area contributed by atoms with E-state index >= 15 is 0 Å². The maximum atomic E-state index is 12.7. The smallest absolute Gasteiger partial charge is 0.327 e. The van der Waals surface area contributed by atoms with Crippen LogP contribution in [0.3, 0.4) is 0 Å². The van der Waals surface area contributed by atoms with Crippen LogP contribution in [0.4, 0.5) is 0 Å². The average molecular weight is 287 g/mol. The second-order valence-corrected chi connectivity index (χ2v) is 5.10. The van der Waals surface area contributed by atoms with Gasteiger partial charge < -0.3 is 4.98 Å². The number of hydrogen-bond donors (Lipinski definition) is 1. The monoisotopic (exact) mass is 287 g/mol. The van der Waals surface area contributed by atoms with Crippen LogP contribution in [0, 0.1) is 13.8 Å². The summed E-state index contributed by atoms with van der Waals surface area (Å²) in [4.78, 5) is 32.5. The van der Waals surface area contributed by atoms with E-state index in [0.717, 1.165) is 11.4 Å². The average Bonchev–Trinajstić information content (AvgIpc) is 2.95. The Morgan fingerprint density at radius 1 is 1.29 bits per heavy atom. The van der Waals surface area contributed by atoms with Crippen LogP contribution in [-0.2, 0) is 13.6 Å². The lowest BCUT2D eigenvalue weighted by atomic mass is 10.4. The van der Waals surface area contributed by atoms with E-state index in [0.29, 0.717) is 16.9 Å². The Morgan fingerprint density at radius 3 is 2.67 bits per heavy atom. The molecule has 0 saturated heterocycles. The van der Waals surface area contributed by atoms with Crippen LogP contribution in [0.25, 0.3) is 16.9 Å². The minimum atomic E-state index is -0.360. The summed E-state index contributed by atoms with van der Waals surface area (Å²) in [6, 6.07) is 0. The van der Waals surface area contributed by atoms with E-state index in [1.54, 1.807) is 17.5 Å². The van der Waals surface area contributed by atoms with Gasteiger partial charge in [-0.3, -0.25) is 18.3 Å². The van der Waals surface area contributed by atoms with Gasteiger partial charge in [0, 0.05) is 25.0 Å². The quantitative estimate of drug-likeness (QED) is 0.710. The van der Waals surface area contributed by atoms with Crippen LogP contribution in [0.2, 0.25) is 0 Å². The molecule has 0 amide bonds. The largest absolute Gasteiger partial charge is 0.332 e. The fourth-order valence-electron chi connectivity index (χ4n) is 2.53. The Bertz CT molecular complexity index is 997. The Labute approximate surface area is 120 Å². The van der Waals surface area contributed by atoms with Crippen molar-refractivity contribution in [2.45, 2.75) is 27.3 Å². The van der Waals surface area contributed by atoms with E-state index in [1.165, 1.54) is 9.13 Å². The maximum Gasteiger partial charge on any atom is 0.332 e. The summed E-state index contributed by atoms with van der Waals surface area (Å²) in [7, 11) is 1.63. The highest BCUT2D eigenvalue weighted by Crippen LogP contribution is 2.16. The van der Waals surface area contributed by atoms with E-state index in [9.17, 15) is 9.59 Å². The standard InChI is InChI=1S/C14H17N5O2/c1-5-6-7-18-12(20)10-11(17(4)14(18)21)16-13-15-8(2)9(3)19(10)13/h5-6H,7H2,1-4H3,(H,15,16)/b6-5+. The normalized spacial score (nSPS) is 12.2. The van der Waals surface area contributed by atoms with E-state index in [-0.39, 0.29) is 17.8 Å². The molecule has 0 spiro atoms. The zero-order chi connectivity index (χ0) is 15.3. The number of nitrogens with one attached hydrogen (secondary N) is 1. The van der Waals surface area contributed by atoms with Gasteiger partial charge in [0.2, 0.25) is 5.78 Å². The van der Waals surface area contributed by atoms with Crippen molar-refractivity contribution in [2.75, 3.05) is 0 Å². The molecule has 1 N–H and O–H groups in total. The van der Waals surface area contributed by atoms with Crippen molar-refractivity contribution in [1.29, 1.82) is 0 Å². The molecular formula is C14H17N5O2. The van der Waals surface area contributed by atoms with E-state index in [2.05, 4.69) is 9.97 Å². The van der Waals surface area contributed by atoms with Gasteiger partial charge in [-0.1, -0.05) is 12.2 Å². The van der Waals surface area contributed by atoms with Crippen LogP contribution in [0.15, 0.2) is 21.7 Å². The van der Waals surface area contributed by atoms with Crippen LogP contribution in [-0.4, -0.2) is 23.5 Å². The first kappa shape index (κ1) is 13.4. The number of fused-ring (bicyclic) bond motifs is 3. The summed E-state index contributed by atoms with van der Waals surface area (Å²) < 4.78 is 4.41. The summed E-state index contributed by atoms with van der Waals surface area (Å²) in [5, 5.41) is 0. The Kier molecular flexibility index (Phi) is 2.86. The predicted octanol–water partition coefficient (Wildman–Crippen LogP) is 0.869. The van der Waals surface area contributed by atoms with Gasteiger partial charge in [0.05, 0.1) is 0 Å². The molecule has 7 nitrogen and oxygen atoms in total. The van der Waals surface area contributed by atoms with E-state index in [1.807, 2.05) is 26.8 Å².